The highest BCUT2D eigenvalue weighted by molar-refractivity contribution is 7.95. The van der Waals surface area contributed by atoms with Crippen LogP contribution in [0.2, 0.25) is 0 Å². The van der Waals surface area contributed by atoms with Crippen molar-refractivity contribution in [3.8, 4) is 0 Å². The first-order chi connectivity index (χ1) is 13.6. The largest absolute Gasteiger partial charge is 0.356 e. The second-order valence-electron chi connectivity index (χ2n) is 7.81. The Morgan fingerprint density at radius 1 is 1.32 bits per heavy atom. The number of aromatic nitrogens is 5. The van der Waals surface area contributed by atoms with Crippen molar-refractivity contribution in [2.24, 2.45) is 10.9 Å². The highest BCUT2D eigenvalue weighted by atomic mass is 32.2. The lowest BCUT2D eigenvalue weighted by molar-refractivity contribution is 0.0924. The summed E-state index contributed by atoms with van der Waals surface area (Å²) in [6.45, 7) is 7.30. The average Bonchev–Trinajstić information content (AvgIpc) is 3.39. The van der Waals surface area contributed by atoms with Gasteiger partial charge in [-0.15, -0.1) is 10.2 Å². The second-order valence-corrected chi connectivity index (χ2v) is 10.2. The van der Waals surface area contributed by atoms with Gasteiger partial charge in [-0.1, -0.05) is 13.3 Å². The van der Waals surface area contributed by atoms with Crippen molar-refractivity contribution in [3.05, 3.63) is 24.3 Å². The van der Waals surface area contributed by atoms with Crippen LogP contribution in [0, 0.1) is 5.92 Å². The Morgan fingerprint density at radius 2 is 2.18 bits per heavy atom. The lowest BCUT2D eigenvalue weighted by atomic mass is 9.93. The van der Waals surface area contributed by atoms with E-state index in [0.717, 1.165) is 54.3 Å². The summed E-state index contributed by atoms with van der Waals surface area (Å²) in [5.41, 5.74) is 2.74. The zero-order valence-electron chi connectivity index (χ0n) is 16.9. The lowest BCUT2D eigenvalue weighted by Gasteiger charge is -2.16. The fraction of sp³-hybridized carbons (Fsp3) is 0.600. The van der Waals surface area contributed by atoms with Gasteiger partial charge in [0.05, 0.1) is 36.9 Å². The van der Waals surface area contributed by atoms with Gasteiger partial charge in [-0.05, 0) is 42.4 Å². The molecule has 0 radical (unpaired) electrons. The van der Waals surface area contributed by atoms with Gasteiger partial charge < -0.3 is 9.30 Å². The minimum absolute atomic E-state index is 0.319. The number of rotatable bonds is 8. The van der Waals surface area contributed by atoms with Crippen LogP contribution in [0.15, 0.2) is 23.5 Å². The van der Waals surface area contributed by atoms with Gasteiger partial charge in [-0.25, -0.2) is 4.98 Å². The molecule has 1 aliphatic carbocycles. The lowest BCUT2D eigenvalue weighted by Crippen LogP contribution is -2.12. The summed E-state index contributed by atoms with van der Waals surface area (Å²) in [6.07, 6.45) is 11.5. The molecule has 1 saturated carbocycles. The van der Waals surface area contributed by atoms with Crippen LogP contribution in [-0.2, 0) is 22.4 Å². The van der Waals surface area contributed by atoms with Gasteiger partial charge in [0.1, 0.15) is 18.3 Å². The SMILES string of the molecule is C=NC1CC(CC)C(c2nnc3cnc4c(ccn4COCC[S+](C)C)n23)C1. The highest BCUT2D eigenvalue weighted by Gasteiger charge is 2.36. The molecule has 0 N–H and O–H groups in total. The summed E-state index contributed by atoms with van der Waals surface area (Å²) in [5.74, 6) is 3.03. The molecule has 3 atom stereocenters. The van der Waals surface area contributed by atoms with Crippen molar-refractivity contribution in [1.29, 1.82) is 0 Å². The quantitative estimate of drug-likeness (QED) is 0.331. The van der Waals surface area contributed by atoms with E-state index in [1.807, 2.05) is 12.4 Å². The van der Waals surface area contributed by atoms with E-state index in [2.05, 4.69) is 61.4 Å². The monoisotopic (exact) mass is 401 g/mol. The molecule has 3 heterocycles. The van der Waals surface area contributed by atoms with Gasteiger partial charge in [0.15, 0.2) is 11.3 Å². The number of hydrogen-bond acceptors (Lipinski definition) is 5. The van der Waals surface area contributed by atoms with E-state index >= 15 is 0 Å². The summed E-state index contributed by atoms with van der Waals surface area (Å²) in [4.78, 5) is 8.93. The summed E-state index contributed by atoms with van der Waals surface area (Å²) < 4.78 is 10.1. The molecular weight excluding hydrogens is 372 g/mol. The third kappa shape index (κ3) is 3.55. The van der Waals surface area contributed by atoms with Crippen LogP contribution >= 0.6 is 0 Å². The van der Waals surface area contributed by atoms with Gasteiger partial charge in [0, 0.05) is 12.1 Å². The minimum atomic E-state index is 0.319. The highest BCUT2D eigenvalue weighted by Crippen LogP contribution is 2.42. The maximum Gasteiger partial charge on any atom is 0.179 e. The molecule has 3 unspecified atom stereocenters. The molecule has 0 amide bonds. The van der Waals surface area contributed by atoms with Crippen LogP contribution in [0.5, 0.6) is 0 Å². The van der Waals surface area contributed by atoms with Gasteiger partial charge >= 0.3 is 0 Å². The predicted octanol–water partition coefficient (Wildman–Crippen LogP) is 2.90. The van der Waals surface area contributed by atoms with Crippen molar-refractivity contribution < 1.29 is 4.74 Å². The fourth-order valence-electron chi connectivity index (χ4n) is 4.27. The molecule has 0 aromatic carbocycles. The molecule has 28 heavy (non-hydrogen) atoms. The van der Waals surface area contributed by atoms with E-state index in [-0.39, 0.29) is 0 Å². The molecular formula is C20H29N6OS+. The van der Waals surface area contributed by atoms with Crippen LogP contribution in [0.1, 0.15) is 37.9 Å². The van der Waals surface area contributed by atoms with Crippen LogP contribution in [0.25, 0.3) is 16.8 Å². The number of ether oxygens (including phenoxy) is 1. The minimum Gasteiger partial charge on any atom is -0.356 e. The number of fused-ring (bicyclic) bond motifs is 3. The maximum absolute atomic E-state index is 5.85. The topological polar surface area (TPSA) is 69.6 Å². The van der Waals surface area contributed by atoms with Gasteiger partial charge in [-0.3, -0.25) is 9.39 Å². The van der Waals surface area contributed by atoms with Crippen LogP contribution in [0.3, 0.4) is 0 Å². The first-order valence-electron chi connectivity index (χ1n) is 9.89. The van der Waals surface area contributed by atoms with E-state index < -0.39 is 0 Å². The Bertz CT molecular complexity index is 964. The van der Waals surface area contributed by atoms with Crippen molar-refractivity contribution in [2.45, 2.75) is 44.9 Å². The van der Waals surface area contributed by atoms with Crippen molar-refractivity contribution >= 4 is 34.4 Å². The zero-order valence-corrected chi connectivity index (χ0v) is 17.7. The molecule has 0 bridgehead atoms. The summed E-state index contributed by atoms with van der Waals surface area (Å²) in [7, 11) is 0.400. The van der Waals surface area contributed by atoms with E-state index in [1.165, 1.54) is 0 Å². The Morgan fingerprint density at radius 3 is 2.93 bits per heavy atom. The van der Waals surface area contributed by atoms with Gasteiger partial charge in [0.25, 0.3) is 0 Å². The van der Waals surface area contributed by atoms with E-state index in [0.29, 0.717) is 35.5 Å². The molecule has 4 rings (SSSR count). The summed E-state index contributed by atoms with van der Waals surface area (Å²) >= 11 is 0. The first kappa shape index (κ1) is 19.4. The van der Waals surface area contributed by atoms with E-state index in [9.17, 15) is 0 Å². The molecule has 8 heteroatoms. The number of hydrogen-bond donors (Lipinski definition) is 0. The number of nitrogens with zero attached hydrogens (tertiary/aromatic N) is 6. The molecule has 1 fully saturated rings. The fourth-order valence-corrected chi connectivity index (χ4v) is 4.72. The maximum atomic E-state index is 5.85. The normalized spacial score (nSPS) is 22.6. The van der Waals surface area contributed by atoms with Gasteiger partial charge in [0.2, 0.25) is 0 Å². The molecule has 0 spiro atoms. The first-order valence-corrected chi connectivity index (χ1v) is 12.1. The smallest absolute Gasteiger partial charge is 0.179 e. The standard InChI is InChI=1S/C20H29N6OS/c1-5-14-10-15(21-2)11-16(14)19-24-23-18-12-22-20-17(26(18)19)6-7-25(20)13-27-8-9-28(3)4/h6-7,12,14-16H,2,5,8-11,13H2,1,3-4H3/q+1. The zero-order chi connectivity index (χ0) is 19.7. The summed E-state index contributed by atoms with van der Waals surface area (Å²) in [6, 6.07) is 2.41. The third-order valence-electron chi connectivity index (χ3n) is 5.82. The van der Waals surface area contributed by atoms with E-state index in [4.69, 9.17) is 4.74 Å². The Balaban J connectivity index is 1.66. The second kappa shape index (κ2) is 8.21. The predicted molar refractivity (Wildman–Crippen MR) is 115 cm³/mol. The average molecular weight is 402 g/mol. The Labute approximate surface area is 168 Å². The third-order valence-corrected chi connectivity index (χ3v) is 6.80. The molecule has 0 aliphatic heterocycles. The van der Waals surface area contributed by atoms with Gasteiger partial charge in [-0.2, -0.15) is 0 Å². The molecule has 0 saturated heterocycles. The van der Waals surface area contributed by atoms with Crippen LogP contribution in [0.4, 0.5) is 0 Å². The molecule has 7 nitrogen and oxygen atoms in total. The van der Waals surface area contributed by atoms with E-state index in [1.54, 1.807) is 0 Å². The van der Waals surface area contributed by atoms with Crippen molar-refractivity contribution in [2.75, 3.05) is 24.9 Å². The Hall–Kier alpha value is -1.93. The van der Waals surface area contributed by atoms with Crippen LogP contribution in [-0.4, -0.2) is 61.8 Å². The van der Waals surface area contributed by atoms with Crippen LogP contribution < -0.4 is 0 Å². The number of aliphatic imine (C=N–C) groups is 1. The molecule has 3 aromatic heterocycles. The molecule has 1 aliphatic rings. The Kier molecular flexibility index (Phi) is 5.68. The summed E-state index contributed by atoms with van der Waals surface area (Å²) in [5, 5.41) is 8.97. The van der Waals surface area contributed by atoms with Crippen molar-refractivity contribution in [3.63, 3.8) is 0 Å². The molecule has 150 valence electrons. The molecule has 3 aromatic rings. The van der Waals surface area contributed by atoms with Crippen molar-refractivity contribution in [1.82, 2.24) is 24.1 Å².